The normalized spacial score (nSPS) is 16.0. The van der Waals surface area contributed by atoms with Crippen molar-refractivity contribution in [2.45, 2.75) is 4.90 Å². The van der Waals surface area contributed by atoms with E-state index in [0.29, 0.717) is 18.8 Å². The van der Waals surface area contributed by atoms with E-state index in [-0.39, 0.29) is 36.2 Å². The summed E-state index contributed by atoms with van der Waals surface area (Å²) in [5.74, 6) is 0.547. The van der Waals surface area contributed by atoms with Gasteiger partial charge in [-0.1, -0.05) is 0 Å². The van der Waals surface area contributed by atoms with Gasteiger partial charge in [-0.2, -0.15) is 4.31 Å². The molecule has 1 aliphatic rings. The molecule has 1 aromatic carbocycles. The van der Waals surface area contributed by atoms with Crippen LogP contribution in [0.25, 0.3) is 0 Å². The molecular weight excluding hydrogens is 336 g/mol. The zero-order valence-corrected chi connectivity index (χ0v) is 14.8. The average Bonchev–Trinajstić information content (AvgIpc) is 2.61. The van der Waals surface area contributed by atoms with Crippen molar-refractivity contribution in [3.8, 4) is 11.5 Å². The first-order valence-electron chi connectivity index (χ1n) is 7.43. The minimum absolute atomic E-state index is 0.00351. The first-order chi connectivity index (χ1) is 11.4. The highest BCUT2D eigenvalue weighted by Gasteiger charge is 2.32. The van der Waals surface area contributed by atoms with Crippen LogP contribution in [0.15, 0.2) is 23.1 Å². The monoisotopic (exact) mass is 358 g/mol. The van der Waals surface area contributed by atoms with Gasteiger partial charge in [0.05, 0.1) is 14.2 Å². The molecule has 1 amide bonds. The number of hydrogen-bond donors (Lipinski definition) is 0. The summed E-state index contributed by atoms with van der Waals surface area (Å²) in [6.45, 7) is 1.09. The van der Waals surface area contributed by atoms with Crippen molar-refractivity contribution < 1.29 is 27.4 Å². The Morgan fingerprint density at radius 1 is 1.08 bits per heavy atom. The Kier molecular flexibility index (Phi) is 6.03. The number of sulfonamides is 1. The molecular formula is C15H22N2O6S. The van der Waals surface area contributed by atoms with Gasteiger partial charge in [-0.3, -0.25) is 4.79 Å². The van der Waals surface area contributed by atoms with Crippen molar-refractivity contribution >= 4 is 15.9 Å². The maximum atomic E-state index is 12.9. The minimum atomic E-state index is -3.74. The van der Waals surface area contributed by atoms with E-state index in [1.54, 1.807) is 17.0 Å². The van der Waals surface area contributed by atoms with E-state index in [1.807, 2.05) is 0 Å². The summed E-state index contributed by atoms with van der Waals surface area (Å²) in [5.41, 5.74) is 0. The third-order valence-electron chi connectivity index (χ3n) is 3.85. The van der Waals surface area contributed by atoms with Crippen LogP contribution in [0.2, 0.25) is 0 Å². The van der Waals surface area contributed by atoms with E-state index in [4.69, 9.17) is 14.2 Å². The third kappa shape index (κ3) is 3.80. The number of piperazine rings is 1. The topological polar surface area (TPSA) is 85.4 Å². The number of hydrogen-bond acceptors (Lipinski definition) is 6. The largest absolute Gasteiger partial charge is 0.497 e. The van der Waals surface area contributed by atoms with E-state index < -0.39 is 10.0 Å². The SMILES string of the molecule is COCC(=O)N1CCN(S(=O)(=O)c2cc(OC)ccc2OC)CC1. The first-order valence-corrected chi connectivity index (χ1v) is 8.87. The van der Waals surface area contributed by atoms with E-state index >= 15 is 0 Å². The maximum Gasteiger partial charge on any atom is 0.248 e. The molecule has 0 aromatic heterocycles. The molecule has 0 saturated carbocycles. The number of ether oxygens (including phenoxy) is 3. The molecule has 1 aromatic rings. The zero-order valence-electron chi connectivity index (χ0n) is 14.0. The van der Waals surface area contributed by atoms with Crippen molar-refractivity contribution in [3.05, 3.63) is 18.2 Å². The zero-order chi connectivity index (χ0) is 17.7. The van der Waals surface area contributed by atoms with Crippen molar-refractivity contribution in [1.29, 1.82) is 0 Å². The fraction of sp³-hybridized carbons (Fsp3) is 0.533. The molecule has 9 heteroatoms. The molecule has 1 fully saturated rings. The van der Waals surface area contributed by atoms with Crippen LogP contribution in [0.4, 0.5) is 0 Å². The van der Waals surface area contributed by atoms with Gasteiger partial charge in [0.2, 0.25) is 15.9 Å². The summed E-state index contributed by atoms with van der Waals surface area (Å²) in [6, 6.07) is 4.64. The molecule has 0 N–H and O–H groups in total. The summed E-state index contributed by atoms with van der Waals surface area (Å²) >= 11 is 0. The molecule has 1 aliphatic heterocycles. The molecule has 0 atom stereocenters. The molecule has 134 valence electrons. The number of amides is 1. The summed E-state index contributed by atoms with van der Waals surface area (Å²) in [4.78, 5) is 13.5. The van der Waals surface area contributed by atoms with Crippen LogP contribution in [0.5, 0.6) is 11.5 Å². The number of rotatable bonds is 6. The number of nitrogens with zero attached hydrogens (tertiary/aromatic N) is 2. The number of carbonyl (C=O) groups excluding carboxylic acids is 1. The molecule has 0 bridgehead atoms. The lowest BCUT2D eigenvalue weighted by Crippen LogP contribution is -2.51. The highest BCUT2D eigenvalue weighted by Crippen LogP contribution is 2.31. The van der Waals surface area contributed by atoms with Crippen molar-refractivity contribution in [2.24, 2.45) is 0 Å². The predicted molar refractivity (Wildman–Crippen MR) is 86.8 cm³/mol. The van der Waals surface area contributed by atoms with E-state index in [2.05, 4.69) is 0 Å². The highest BCUT2D eigenvalue weighted by atomic mass is 32.2. The Labute approximate surface area is 141 Å². The Balaban J connectivity index is 2.19. The summed E-state index contributed by atoms with van der Waals surface area (Å²) in [6.07, 6.45) is 0. The van der Waals surface area contributed by atoms with Gasteiger partial charge in [0.1, 0.15) is 23.0 Å². The first kappa shape index (κ1) is 18.5. The van der Waals surface area contributed by atoms with Crippen LogP contribution in [0, 0.1) is 0 Å². The Hall–Kier alpha value is -1.84. The summed E-state index contributed by atoms with van der Waals surface area (Å²) in [7, 11) is 0.602. The molecule has 1 heterocycles. The van der Waals surface area contributed by atoms with Crippen molar-refractivity contribution in [1.82, 2.24) is 9.21 Å². The van der Waals surface area contributed by atoms with Crippen LogP contribution in [0.3, 0.4) is 0 Å². The highest BCUT2D eigenvalue weighted by molar-refractivity contribution is 7.89. The van der Waals surface area contributed by atoms with Crippen LogP contribution in [0.1, 0.15) is 0 Å². The quantitative estimate of drug-likeness (QED) is 0.721. The summed E-state index contributed by atoms with van der Waals surface area (Å²) < 4.78 is 42.2. The second-order valence-corrected chi connectivity index (χ2v) is 7.14. The van der Waals surface area contributed by atoms with Gasteiger partial charge >= 0.3 is 0 Å². The number of carbonyl (C=O) groups is 1. The van der Waals surface area contributed by atoms with Crippen molar-refractivity contribution in [2.75, 3.05) is 54.1 Å². The standard InChI is InChI=1S/C15H22N2O6S/c1-21-11-15(18)16-6-8-17(9-7-16)24(19,20)14-10-12(22-2)4-5-13(14)23-3/h4-5,10H,6-9,11H2,1-3H3. The number of benzene rings is 1. The molecule has 0 unspecified atom stereocenters. The van der Waals surface area contributed by atoms with Crippen LogP contribution < -0.4 is 9.47 Å². The molecule has 1 saturated heterocycles. The second kappa shape index (κ2) is 7.82. The Bertz CT molecular complexity index is 683. The third-order valence-corrected chi connectivity index (χ3v) is 5.77. The molecule has 0 spiro atoms. The van der Waals surface area contributed by atoms with Gasteiger partial charge < -0.3 is 19.1 Å². The molecule has 2 rings (SSSR count). The Morgan fingerprint density at radius 2 is 1.75 bits per heavy atom. The van der Waals surface area contributed by atoms with Gasteiger partial charge in [0.25, 0.3) is 0 Å². The van der Waals surface area contributed by atoms with Gasteiger partial charge in [-0.15, -0.1) is 0 Å². The molecule has 24 heavy (non-hydrogen) atoms. The molecule has 0 radical (unpaired) electrons. The fourth-order valence-electron chi connectivity index (χ4n) is 2.52. The van der Waals surface area contributed by atoms with Crippen LogP contribution in [-0.2, 0) is 19.6 Å². The maximum absolute atomic E-state index is 12.9. The number of methoxy groups -OCH3 is 3. The van der Waals surface area contributed by atoms with Gasteiger partial charge in [0.15, 0.2) is 0 Å². The predicted octanol–water partition coefficient (Wildman–Crippen LogP) is 0.183. The molecule has 8 nitrogen and oxygen atoms in total. The Morgan fingerprint density at radius 3 is 2.29 bits per heavy atom. The second-order valence-electron chi connectivity index (χ2n) is 5.23. The van der Waals surface area contributed by atoms with E-state index in [9.17, 15) is 13.2 Å². The van der Waals surface area contributed by atoms with Crippen LogP contribution >= 0.6 is 0 Å². The van der Waals surface area contributed by atoms with Crippen molar-refractivity contribution in [3.63, 3.8) is 0 Å². The van der Waals surface area contributed by atoms with E-state index in [1.165, 1.54) is 31.7 Å². The van der Waals surface area contributed by atoms with Crippen LogP contribution in [-0.4, -0.2) is 77.6 Å². The lowest BCUT2D eigenvalue weighted by Gasteiger charge is -2.34. The lowest BCUT2D eigenvalue weighted by molar-refractivity contribution is -0.136. The van der Waals surface area contributed by atoms with Gasteiger partial charge in [0, 0.05) is 39.4 Å². The summed E-state index contributed by atoms with van der Waals surface area (Å²) in [5, 5.41) is 0. The van der Waals surface area contributed by atoms with E-state index in [0.717, 1.165) is 0 Å². The molecule has 0 aliphatic carbocycles. The van der Waals surface area contributed by atoms with Gasteiger partial charge in [-0.05, 0) is 12.1 Å². The smallest absolute Gasteiger partial charge is 0.248 e. The lowest BCUT2D eigenvalue weighted by atomic mass is 10.3. The average molecular weight is 358 g/mol. The van der Waals surface area contributed by atoms with Gasteiger partial charge in [-0.25, -0.2) is 8.42 Å². The fourth-order valence-corrected chi connectivity index (χ4v) is 4.11. The minimum Gasteiger partial charge on any atom is -0.497 e.